The number of furan rings is 1. The number of carbonyl (C=O) groups excluding carboxylic acids is 1. The molecule has 1 saturated heterocycles. The summed E-state index contributed by atoms with van der Waals surface area (Å²) in [4.78, 5) is 25.9. The summed E-state index contributed by atoms with van der Waals surface area (Å²) in [7, 11) is 0. The van der Waals surface area contributed by atoms with Crippen molar-refractivity contribution in [1.29, 1.82) is 0 Å². The number of carbonyl (C=O) groups is 1. The van der Waals surface area contributed by atoms with Crippen molar-refractivity contribution in [3.05, 3.63) is 16.9 Å². The van der Waals surface area contributed by atoms with Crippen molar-refractivity contribution in [3.63, 3.8) is 0 Å². The highest BCUT2D eigenvalue weighted by molar-refractivity contribution is 6.17. The number of aliphatic imine (C=N–C) groups is 2. The SMILES string of the molecule is Cc1oc2c(c1C(=O)NCCCN1CCOCC1)C1=NCCN1C=N2. The molecule has 3 aliphatic heterocycles. The van der Waals surface area contributed by atoms with Crippen LogP contribution >= 0.6 is 0 Å². The lowest BCUT2D eigenvalue weighted by atomic mass is 10.1. The monoisotopic (exact) mass is 345 g/mol. The Bertz CT molecular complexity index is 718. The fourth-order valence-corrected chi connectivity index (χ4v) is 3.44. The van der Waals surface area contributed by atoms with Crippen molar-refractivity contribution in [1.82, 2.24) is 15.1 Å². The minimum atomic E-state index is -0.115. The van der Waals surface area contributed by atoms with Crippen LogP contribution in [0.25, 0.3) is 0 Å². The van der Waals surface area contributed by atoms with Gasteiger partial charge >= 0.3 is 0 Å². The summed E-state index contributed by atoms with van der Waals surface area (Å²) in [6, 6.07) is 0. The van der Waals surface area contributed by atoms with Crippen LogP contribution in [0.5, 0.6) is 0 Å². The van der Waals surface area contributed by atoms with Gasteiger partial charge in [-0.25, -0.2) is 4.99 Å². The highest BCUT2D eigenvalue weighted by Crippen LogP contribution is 2.34. The molecule has 1 amide bonds. The maximum absolute atomic E-state index is 12.7. The van der Waals surface area contributed by atoms with Gasteiger partial charge in [0.1, 0.15) is 17.9 Å². The fraction of sp³-hybridized carbons (Fsp3) is 0.588. The van der Waals surface area contributed by atoms with Crippen LogP contribution in [0.15, 0.2) is 14.4 Å². The Labute approximate surface area is 146 Å². The zero-order valence-corrected chi connectivity index (χ0v) is 14.5. The van der Waals surface area contributed by atoms with Crippen LogP contribution in [0.2, 0.25) is 0 Å². The summed E-state index contributed by atoms with van der Waals surface area (Å²) in [6.45, 7) is 8.45. The largest absolute Gasteiger partial charge is 0.442 e. The number of ether oxygens (including phenoxy) is 1. The smallest absolute Gasteiger partial charge is 0.255 e. The van der Waals surface area contributed by atoms with Gasteiger partial charge in [0.25, 0.3) is 5.91 Å². The van der Waals surface area contributed by atoms with Gasteiger partial charge in [-0.1, -0.05) is 0 Å². The first-order chi connectivity index (χ1) is 12.2. The molecule has 3 aliphatic rings. The molecule has 0 atom stereocenters. The number of hydrogen-bond donors (Lipinski definition) is 1. The Kier molecular flexibility index (Phi) is 4.54. The van der Waals surface area contributed by atoms with E-state index in [1.807, 2.05) is 4.90 Å². The average Bonchev–Trinajstić information content (AvgIpc) is 3.22. The van der Waals surface area contributed by atoms with Crippen LogP contribution in [0.4, 0.5) is 5.88 Å². The van der Waals surface area contributed by atoms with Crippen molar-refractivity contribution in [2.45, 2.75) is 13.3 Å². The summed E-state index contributed by atoms with van der Waals surface area (Å²) in [5.41, 5.74) is 1.28. The van der Waals surface area contributed by atoms with E-state index in [9.17, 15) is 4.79 Å². The molecule has 4 heterocycles. The molecular formula is C17H23N5O3. The van der Waals surface area contributed by atoms with Gasteiger partial charge in [0.2, 0.25) is 5.88 Å². The third-order valence-electron chi connectivity index (χ3n) is 4.75. The van der Waals surface area contributed by atoms with Crippen LogP contribution in [0.3, 0.4) is 0 Å². The Morgan fingerprint density at radius 1 is 1.32 bits per heavy atom. The molecule has 1 fully saturated rings. The highest BCUT2D eigenvalue weighted by Gasteiger charge is 2.33. The molecule has 1 aromatic rings. The van der Waals surface area contributed by atoms with Crippen molar-refractivity contribution in [2.24, 2.45) is 9.98 Å². The molecule has 0 saturated carbocycles. The minimum absolute atomic E-state index is 0.115. The van der Waals surface area contributed by atoms with Crippen LogP contribution in [0.1, 0.15) is 28.1 Å². The lowest BCUT2D eigenvalue weighted by Gasteiger charge is -2.26. The average molecular weight is 345 g/mol. The summed E-state index contributed by atoms with van der Waals surface area (Å²) in [5, 5.41) is 3.01. The van der Waals surface area contributed by atoms with E-state index in [2.05, 4.69) is 20.2 Å². The standard InChI is InChI=1S/C17H23N5O3/c1-12-13(14-15-18-4-6-22(15)11-20-17(14)25-12)16(23)19-3-2-5-21-7-9-24-10-8-21/h11H,2-10H2,1H3,(H,19,23). The predicted molar refractivity (Wildman–Crippen MR) is 93.9 cm³/mol. The maximum atomic E-state index is 12.7. The zero-order valence-electron chi connectivity index (χ0n) is 14.5. The van der Waals surface area contributed by atoms with Gasteiger partial charge in [-0.05, 0) is 19.9 Å². The first-order valence-corrected chi connectivity index (χ1v) is 8.81. The Hall–Kier alpha value is -2.19. The van der Waals surface area contributed by atoms with Gasteiger partial charge < -0.3 is 19.4 Å². The molecule has 0 aliphatic carbocycles. The molecule has 25 heavy (non-hydrogen) atoms. The van der Waals surface area contributed by atoms with E-state index in [-0.39, 0.29) is 5.91 Å². The number of nitrogens with one attached hydrogen (secondary N) is 1. The van der Waals surface area contributed by atoms with Crippen LogP contribution < -0.4 is 5.32 Å². The van der Waals surface area contributed by atoms with E-state index in [1.54, 1.807) is 13.3 Å². The molecule has 0 bridgehead atoms. The molecule has 8 heteroatoms. The van der Waals surface area contributed by atoms with Crippen LogP contribution in [0, 0.1) is 6.92 Å². The molecule has 4 rings (SSSR count). The van der Waals surface area contributed by atoms with Gasteiger partial charge in [-0.3, -0.25) is 14.7 Å². The van der Waals surface area contributed by atoms with E-state index in [4.69, 9.17) is 9.15 Å². The topological polar surface area (TPSA) is 82.7 Å². The molecule has 1 N–H and O–H groups in total. The lowest BCUT2D eigenvalue weighted by molar-refractivity contribution is 0.0374. The number of amidine groups is 1. The molecule has 0 unspecified atom stereocenters. The Balaban J connectivity index is 1.39. The van der Waals surface area contributed by atoms with Crippen molar-refractivity contribution < 1.29 is 13.9 Å². The number of fused-ring (bicyclic) bond motifs is 3. The summed E-state index contributed by atoms with van der Waals surface area (Å²) in [6.07, 6.45) is 2.64. The quantitative estimate of drug-likeness (QED) is 0.798. The van der Waals surface area contributed by atoms with E-state index < -0.39 is 0 Å². The number of hydrogen-bond acceptors (Lipinski definition) is 7. The van der Waals surface area contributed by atoms with E-state index >= 15 is 0 Å². The van der Waals surface area contributed by atoms with Crippen molar-refractivity contribution in [2.75, 3.05) is 52.5 Å². The van der Waals surface area contributed by atoms with E-state index in [0.717, 1.165) is 57.2 Å². The maximum Gasteiger partial charge on any atom is 0.255 e. The van der Waals surface area contributed by atoms with Gasteiger partial charge in [0.05, 0.1) is 30.9 Å². The predicted octanol–water partition coefficient (Wildman–Crippen LogP) is 0.776. The number of morpholine rings is 1. The first kappa shape index (κ1) is 16.3. The second kappa shape index (κ2) is 6.97. The number of nitrogens with zero attached hydrogens (tertiary/aromatic N) is 4. The minimum Gasteiger partial charge on any atom is -0.442 e. The summed E-state index contributed by atoms with van der Waals surface area (Å²) >= 11 is 0. The Morgan fingerprint density at radius 3 is 3.00 bits per heavy atom. The lowest BCUT2D eigenvalue weighted by Crippen LogP contribution is -2.38. The summed E-state index contributed by atoms with van der Waals surface area (Å²) < 4.78 is 11.0. The molecular weight excluding hydrogens is 322 g/mol. The number of amides is 1. The van der Waals surface area contributed by atoms with Crippen molar-refractivity contribution in [3.8, 4) is 0 Å². The third-order valence-corrected chi connectivity index (χ3v) is 4.75. The van der Waals surface area contributed by atoms with Gasteiger partial charge in [0.15, 0.2) is 0 Å². The molecule has 0 radical (unpaired) electrons. The van der Waals surface area contributed by atoms with Gasteiger partial charge in [0, 0.05) is 26.2 Å². The fourth-order valence-electron chi connectivity index (χ4n) is 3.44. The third kappa shape index (κ3) is 3.19. The van der Waals surface area contributed by atoms with Crippen LogP contribution in [-0.2, 0) is 4.74 Å². The molecule has 0 spiro atoms. The Morgan fingerprint density at radius 2 is 2.16 bits per heavy atom. The second-order valence-electron chi connectivity index (χ2n) is 6.42. The zero-order chi connectivity index (χ0) is 17.2. The highest BCUT2D eigenvalue weighted by atomic mass is 16.5. The molecule has 0 aromatic carbocycles. The number of rotatable bonds is 5. The number of aryl methyl sites for hydroxylation is 1. The normalized spacial score (nSPS) is 19.6. The molecule has 8 nitrogen and oxygen atoms in total. The van der Waals surface area contributed by atoms with E-state index in [1.165, 1.54) is 0 Å². The van der Waals surface area contributed by atoms with Crippen molar-refractivity contribution >= 4 is 24.0 Å². The summed E-state index contributed by atoms with van der Waals surface area (Å²) in [5.74, 6) is 1.74. The van der Waals surface area contributed by atoms with Gasteiger partial charge in [-0.15, -0.1) is 0 Å². The molecule has 1 aromatic heterocycles. The van der Waals surface area contributed by atoms with Crippen LogP contribution in [-0.4, -0.2) is 80.4 Å². The molecule has 134 valence electrons. The first-order valence-electron chi connectivity index (χ1n) is 8.81. The second-order valence-corrected chi connectivity index (χ2v) is 6.42. The van der Waals surface area contributed by atoms with E-state index in [0.29, 0.717) is 30.3 Å². The van der Waals surface area contributed by atoms with Gasteiger partial charge in [-0.2, -0.15) is 0 Å².